The van der Waals surface area contributed by atoms with E-state index in [1.165, 1.54) is 6.07 Å². The summed E-state index contributed by atoms with van der Waals surface area (Å²) >= 11 is 3.02. The van der Waals surface area contributed by atoms with Gasteiger partial charge in [0.2, 0.25) is 0 Å². The first-order chi connectivity index (χ1) is 6.54. The third kappa shape index (κ3) is 2.30. The van der Waals surface area contributed by atoms with E-state index in [0.29, 0.717) is 4.47 Å². The molecule has 5 heteroatoms. The highest BCUT2D eigenvalue weighted by molar-refractivity contribution is 9.10. The number of aliphatic carboxylic acids is 1. The van der Waals surface area contributed by atoms with Crippen molar-refractivity contribution in [3.05, 3.63) is 33.5 Å². The number of carboxylic acids is 1. The van der Waals surface area contributed by atoms with Gasteiger partial charge in [0.15, 0.2) is 0 Å². The van der Waals surface area contributed by atoms with Gasteiger partial charge in [-0.3, -0.25) is 4.79 Å². The van der Waals surface area contributed by atoms with E-state index >= 15 is 0 Å². The fraction of sp³-hybridized carbons (Fsp3) is 0.111. The molecule has 0 heterocycles. The number of halogens is 2. The SMILES string of the molecule is N#Cc1cc(Br)cc(F)c1CC(=O)O. The molecule has 14 heavy (non-hydrogen) atoms. The van der Waals surface area contributed by atoms with Crippen LogP contribution in [-0.4, -0.2) is 11.1 Å². The Kier molecular flexibility index (Phi) is 3.20. The minimum Gasteiger partial charge on any atom is -0.481 e. The third-order valence-corrected chi connectivity index (χ3v) is 2.07. The minimum absolute atomic E-state index is 0.0410. The zero-order valence-electron chi connectivity index (χ0n) is 6.92. The molecule has 0 aliphatic heterocycles. The van der Waals surface area contributed by atoms with Crippen molar-refractivity contribution in [3.63, 3.8) is 0 Å². The lowest BCUT2D eigenvalue weighted by Crippen LogP contribution is -2.05. The van der Waals surface area contributed by atoms with Gasteiger partial charge in [-0.05, 0) is 12.1 Å². The average Bonchev–Trinajstić information content (AvgIpc) is 2.08. The molecule has 0 fully saturated rings. The third-order valence-electron chi connectivity index (χ3n) is 1.61. The zero-order valence-corrected chi connectivity index (χ0v) is 8.51. The molecule has 0 amide bonds. The van der Waals surface area contributed by atoms with Gasteiger partial charge >= 0.3 is 5.97 Å². The quantitative estimate of drug-likeness (QED) is 0.883. The van der Waals surface area contributed by atoms with E-state index in [-0.39, 0.29) is 11.1 Å². The molecule has 3 nitrogen and oxygen atoms in total. The van der Waals surface area contributed by atoms with Crippen LogP contribution in [0.5, 0.6) is 0 Å². The fourth-order valence-corrected chi connectivity index (χ4v) is 1.46. The van der Waals surface area contributed by atoms with Gasteiger partial charge in [0, 0.05) is 10.0 Å². The Bertz CT molecular complexity index is 426. The summed E-state index contributed by atoms with van der Waals surface area (Å²) in [5.41, 5.74) is -0.0394. The van der Waals surface area contributed by atoms with Gasteiger partial charge in [-0.2, -0.15) is 5.26 Å². The standard InChI is InChI=1S/C9H5BrFNO2/c10-6-1-5(4-12)7(3-9(13)14)8(11)2-6/h1-2H,3H2,(H,13,14). The van der Waals surface area contributed by atoms with Gasteiger partial charge in [0.1, 0.15) is 5.82 Å². The number of rotatable bonds is 2. The predicted molar refractivity (Wildman–Crippen MR) is 50.2 cm³/mol. The van der Waals surface area contributed by atoms with Gasteiger partial charge < -0.3 is 5.11 Å². The second kappa shape index (κ2) is 4.20. The number of nitrogens with zero attached hydrogens (tertiary/aromatic N) is 1. The van der Waals surface area contributed by atoms with Crippen molar-refractivity contribution in [1.82, 2.24) is 0 Å². The second-order valence-electron chi connectivity index (χ2n) is 2.60. The van der Waals surface area contributed by atoms with Crippen molar-refractivity contribution >= 4 is 21.9 Å². The molecule has 0 radical (unpaired) electrons. The first kappa shape index (κ1) is 10.7. The van der Waals surface area contributed by atoms with Gasteiger partial charge in [0.05, 0.1) is 18.1 Å². The maximum atomic E-state index is 13.2. The van der Waals surface area contributed by atoms with Crippen LogP contribution in [0.1, 0.15) is 11.1 Å². The number of benzene rings is 1. The molecule has 0 saturated heterocycles. The molecule has 0 aromatic heterocycles. The number of nitriles is 1. The van der Waals surface area contributed by atoms with E-state index in [1.807, 2.05) is 0 Å². The first-order valence-electron chi connectivity index (χ1n) is 3.64. The molecular weight excluding hydrogens is 253 g/mol. The minimum atomic E-state index is -1.16. The maximum absolute atomic E-state index is 13.2. The molecule has 0 bridgehead atoms. The Balaban J connectivity index is 3.27. The highest BCUT2D eigenvalue weighted by Gasteiger charge is 2.13. The van der Waals surface area contributed by atoms with Crippen molar-refractivity contribution in [1.29, 1.82) is 5.26 Å². The van der Waals surface area contributed by atoms with Crippen molar-refractivity contribution < 1.29 is 14.3 Å². The van der Waals surface area contributed by atoms with Gasteiger partial charge in [-0.15, -0.1) is 0 Å². The van der Waals surface area contributed by atoms with Crippen LogP contribution in [0.15, 0.2) is 16.6 Å². The molecule has 1 aromatic rings. The summed E-state index contributed by atoms with van der Waals surface area (Å²) in [7, 11) is 0. The highest BCUT2D eigenvalue weighted by Crippen LogP contribution is 2.20. The second-order valence-corrected chi connectivity index (χ2v) is 3.51. The molecule has 1 N–H and O–H groups in total. The Morgan fingerprint density at radius 1 is 1.64 bits per heavy atom. The largest absolute Gasteiger partial charge is 0.481 e. The van der Waals surface area contributed by atoms with E-state index in [0.717, 1.165) is 6.07 Å². The van der Waals surface area contributed by atoms with Crippen molar-refractivity contribution in [2.75, 3.05) is 0 Å². The molecule has 0 aliphatic rings. The van der Waals surface area contributed by atoms with Gasteiger partial charge in [-0.1, -0.05) is 15.9 Å². The number of carbonyl (C=O) groups is 1. The summed E-state index contributed by atoms with van der Waals surface area (Å²) in [5.74, 6) is -1.85. The number of hydrogen-bond acceptors (Lipinski definition) is 2. The van der Waals surface area contributed by atoms with Crippen LogP contribution in [0.25, 0.3) is 0 Å². The maximum Gasteiger partial charge on any atom is 0.307 e. The smallest absolute Gasteiger partial charge is 0.307 e. The molecule has 1 aromatic carbocycles. The molecule has 0 saturated carbocycles. The fourth-order valence-electron chi connectivity index (χ4n) is 1.03. The van der Waals surface area contributed by atoms with Crippen LogP contribution in [0.3, 0.4) is 0 Å². The van der Waals surface area contributed by atoms with Crippen LogP contribution in [0.2, 0.25) is 0 Å². The molecular formula is C9H5BrFNO2. The number of carboxylic acid groups (broad SMARTS) is 1. The van der Waals surface area contributed by atoms with Crippen molar-refractivity contribution in [3.8, 4) is 6.07 Å². The summed E-state index contributed by atoms with van der Waals surface area (Å²) in [4.78, 5) is 10.4. The Morgan fingerprint density at radius 3 is 2.79 bits per heavy atom. The Hall–Kier alpha value is -1.41. The first-order valence-corrected chi connectivity index (χ1v) is 4.43. The van der Waals surface area contributed by atoms with Crippen LogP contribution in [0, 0.1) is 17.1 Å². The van der Waals surface area contributed by atoms with Gasteiger partial charge in [0.25, 0.3) is 0 Å². The van der Waals surface area contributed by atoms with Crippen molar-refractivity contribution in [2.24, 2.45) is 0 Å². The Labute approximate surface area is 87.9 Å². The molecule has 0 aliphatic carbocycles. The molecule has 72 valence electrons. The lowest BCUT2D eigenvalue weighted by atomic mass is 10.1. The normalized spacial score (nSPS) is 9.50. The van der Waals surface area contributed by atoms with Crippen LogP contribution in [-0.2, 0) is 11.2 Å². The molecule has 0 spiro atoms. The van der Waals surface area contributed by atoms with E-state index in [9.17, 15) is 9.18 Å². The molecule has 0 atom stereocenters. The Morgan fingerprint density at radius 2 is 2.29 bits per heavy atom. The summed E-state index contributed by atoms with van der Waals surface area (Å²) in [6.07, 6.45) is -0.484. The summed E-state index contributed by atoms with van der Waals surface area (Å²) in [6, 6.07) is 4.28. The van der Waals surface area contributed by atoms with Crippen molar-refractivity contribution in [2.45, 2.75) is 6.42 Å². The van der Waals surface area contributed by atoms with Gasteiger partial charge in [-0.25, -0.2) is 4.39 Å². The monoisotopic (exact) mass is 257 g/mol. The summed E-state index contributed by atoms with van der Waals surface area (Å²) in [6.45, 7) is 0. The average molecular weight is 258 g/mol. The van der Waals surface area contributed by atoms with Crippen LogP contribution < -0.4 is 0 Å². The number of hydrogen-bond donors (Lipinski definition) is 1. The van der Waals surface area contributed by atoms with E-state index in [1.54, 1.807) is 6.07 Å². The van der Waals surface area contributed by atoms with Crippen LogP contribution in [0.4, 0.5) is 4.39 Å². The van der Waals surface area contributed by atoms with E-state index < -0.39 is 18.2 Å². The van der Waals surface area contributed by atoms with E-state index in [4.69, 9.17) is 10.4 Å². The lowest BCUT2D eigenvalue weighted by molar-refractivity contribution is -0.136. The predicted octanol–water partition coefficient (Wildman–Crippen LogP) is 2.09. The van der Waals surface area contributed by atoms with E-state index in [2.05, 4.69) is 15.9 Å². The zero-order chi connectivity index (χ0) is 10.7. The highest BCUT2D eigenvalue weighted by atomic mass is 79.9. The van der Waals surface area contributed by atoms with Crippen LogP contribution >= 0.6 is 15.9 Å². The summed E-state index contributed by atoms with van der Waals surface area (Å²) in [5, 5.41) is 17.1. The molecule has 1 rings (SSSR count). The lowest BCUT2D eigenvalue weighted by Gasteiger charge is -2.03. The summed E-state index contributed by atoms with van der Waals surface area (Å²) < 4.78 is 13.6. The molecule has 0 unspecified atom stereocenters. The topological polar surface area (TPSA) is 61.1 Å².